The predicted molar refractivity (Wildman–Crippen MR) is 74.3 cm³/mol. The fourth-order valence-electron chi connectivity index (χ4n) is 1.49. The molecule has 0 saturated carbocycles. The number of ether oxygens (including phenoxy) is 2. The number of aryl methyl sites for hydroxylation is 1. The van der Waals surface area contributed by atoms with Gasteiger partial charge in [-0.1, -0.05) is 19.1 Å². The van der Waals surface area contributed by atoms with Gasteiger partial charge in [-0.05, 0) is 25.0 Å². The van der Waals surface area contributed by atoms with E-state index in [4.69, 9.17) is 9.47 Å². The van der Waals surface area contributed by atoms with Crippen molar-refractivity contribution in [3.05, 3.63) is 23.8 Å². The molecule has 0 fully saturated rings. The summed E-state index contributed by atoms with van der Waals surface area (Å²) in [6.45, 7) is 4.27. The van der Waals surface area contributed by atoms with E-state index in [-0.39, 0.29) is 12.7 Å². The van der Waals surface area contributed by atoms with Gasteiger partial charge in [0.25, 0.3) is 0 Å². The Labute approximate surface area is 113 Å². The maximum absolute atomic E-state index is 10.8. The number of carbonyl (C=O) groups is 1. The fourth-order valence-corrected chi connectivity index (χ4v) is 2.73. The monoisotopic (exact) mass is 268 g/mol. The lowest BCUT2D eigenvalue weighted by molar-refractivity contribution is -0.110. The highest BCUT2D eigenvalue weighted by Crippen LogP contribution is 2.33. The summed E-state index contributed by atoms with van der Waals surface area (Å²) < 4.78 is 10.5. The van der Waals surface area contributed by atoms with Crippen molar-refractivity contribution < 1.29 is 14.3 Å². The van der Waals surface area contributed by atoms with Crippen LogP contribution in [-0.4, -0.2) is 25.9 Å². The molecule has 0 heterocycles. The van der Waals surface area contributed by atoms with Crippen LogP contribution in [0.4, 0.5) is 0 Å². The van der Waals surface area contributed by atoms with Crippen LogP contribution < -0.4 is 4.74 Å². The molecule has 0 amide bonds. The Hall–Kier alpha value is -1.00. The summed E-state index contributed by atoms with van der Waals surface area (Å²) in [6, 6.07) is 6.02. The van der Waals surface area contributed by atoms with E-state index >= 15 is 0 Å². The van der Waals surface area contributed by atoms with Gasteiger partial charge in [0.15, 0.2) is 6.79 Å². The molecule has 1 aromatic rings. The highest BCUT2D eigenvalue weighted by atomic mass is 32.2. The van der Waals surface area contributed by atoms with Crippen molar-refractivity contribution in [2.75, 3.05) is 19.7 Å². The lowest BCUT2D eigenvalue weighted by Crippen LogP contribution is -2.05. The molecule has 1 rings (SSSR count). The number of thioether (sulfide) groups is 1. The second kappa shape index (κ2) is 8.16. The largest absolute Gasteiger partial charge is 0.466 e. The lowest BCUT2D eigenvalue weighted by atomic mass is 10.1. The van der Waals surface area contributed by atoms with Crippen LogP contribution in [0.5, 0.6) is 5.75 Å². The Morgan fingerprint density at radius 2 is 2.22 bits per heavy atom. The van der Waals surface area contributed by atoms with Gasteiger partial charge >= 0.3 is 0 Å². The van der Waals surface area contributed by atoms with Crippen molar-refractivity contribution in [3.8, 4) is 5.75 Å². The first-order chi connectivity index (χ1) is 8.72. The third kappa shape index (κ3) is 4.35. The molecule has 0 radical (unpaired) electrons. The molecule has 0 spiro atoms. The molecular weight excluding hydrogens is 248 g/mol. The van der Waals surface area contributed by atoms with E-state index in [1.165, 1.54) is 0 Å². The van der Waals surface area contributed by atoms with E-state index < -0.39 is 0 Å². The normalized spacial score (nSPS) is 12.2. The molecule has 0 aliphatic heterocycles. The minimum atomic E-state index is 0.103. The Morgan fingerprint density at radius 3 is 2.83 bits per heavy atom. The van der Waals surface area contributed by atoms with Gasteiger partial charge in [0.1, 0.15) is 12.0 Å². The van der Waals surface area contributed by atoms with Crippen molar-refractivity contribution >= 4 is 18.0 Å². The van der Waals surface area contributed by atoms with Gasteiger partial charge in [-0.2, -0.15) is 0 Å². The quantitative estimate of drug-likeness (QED) is 0.412. The summed E-state index contributed by atoms with van der Waals surface area (Å²) in [4.78, 5) is 11.9. The Bertz CT molecular complexity index is 379. The third-order valence-corrected chi connectivity index (χ3v) is 3.89. The third-order valence-electron chi connectivity index (χ3n) is 2.67. The molecule has 0 aromatic heterocycles. The minimum Gasteiger partial charge on any atom is -0.466 e. The van der Waals surface area contributed by atoms with Crippen molar-refractivity contribution in [3.63, 3.8) is 0 Å². The maximum Gasteiger partial charge on any atom is 0.188 e. The number of carbonyl (C=O) groups excluding carboxylic acids is 1. The second-order valence-electron chi connectivity index (χ2n) is 4.07. The van der Waals surface area contributed by atoms with Crippen molar-refractivity contribution in [2.45, 2.75) is 25.2 Å². The summed E-state index contributed by atoms with van der Waals surface area (Å²) >= 11 is 1.66. The Kier molecular flexibility index (Phi) is 6.83. The van der Waals surface area contributed by atoms with Crippen molar-refractivity contribution in [2.24, 2.45) is 5.92 Å². The molecule has 3 nitrogen and oxygen atoms in total. The number of hydrogen-bond acceptors (Lipinski definition) is 4. The second-order valence-corrected chi connectivity index (χ2v) is 5.13. The number of methoxy groups -OCH3 is 1. The summed E-state index contributed by atoms with van der Waals surface area (Å²) in [7, 11) is 1.60. The highest BCUT2D eigenvalue weighted by Gasteiger charge is 2.10. The van der Waals surface area contributed by atoms with Gasteiger partial charge in [0.05, 0.1) is 0 Å². The molecule has 1 aromatic carbocycles. The van der Waals surface area contributed by atoms with Crippen LogP contribution in [0.3, 0.4) is 0 Å². The topological polar surface area (TPSA) is 35.5 Å². The van der Waals surface area contributed by atoms with Gasteiger partial charge in [-0.3, -0.25) is 0 Å². The average molecular weight is 268 g/mol. The summed E-state index contributed by atoms with van der Waals surface area (Å²) in [5.74, 6) is 1.74. The van der Waals surface area contributed by atoms with E-state index in [9.17, 15) is 4.79 Å². The van der Waals surface area contributed by atoms with Crippen LogP contribution in [0.15, 0.2) is 23.1 Å². The molecule has 1 atom stereocenters. The van der Waals surface area contributed by atoms with Crippen LogP contribution in [0, 0.1) is 12.8 Å². The molecule has 1 unspecified atom stereocenters. The Balaban J connectivity index is 2.74. The predicted octanol–water partition coefficient (Wildman–Crippen LogP) is 3.29. The van der Waals surface area contributed by atoms with Gasteiger partial charge in [-0.15, -0.1) is 11.8 Å². The summed E-state index contributed by atoms with van der Waals surface area (Å²) in [6.07, 6.45) is 1.90. The van der Waals surface area contributed by atoms with Crippen LogP contribution >= 0.6 is 11.8 Å². The van der Waals surface area contributed by atoms with Crippen LogP contribution in [-0.2, 0) is 9.53 Å². The molecule has 18 heavy (non-hydrogen) atoms. The zero-order chi connectivity index (χ0) is 13.4. The molecule has 4 heteroatoms. The number of benzene rings is 1. The smallest absolute Gasteiger partial charge is 0.188 e. The van der Waals surface area contributed by atoms with Gasteiger partial charge in [0, 0.05) is 23.7 Å². The molecule has 0 bridgehead atoms. The molecule has 0 N–H and O–H groups in total. The minimum absolute atomic E-state index is 0.103. The van der Waals surface area contributed by atoms with Gasteiger partial charge in [-0.25, -0.2) is 0 Å². The number of rotatable bonds is 8. The van der Waals surface area contributed by atoms with Crippen LogP contribution in [0.2, 0.25) is 0 Å². The SMILES string of the molecule is CCC(C=O)CSc1cccc(C)c1OCOC. The van der Waals surface area contributed by atoms with E-state index in [0.29, 0.717) is 0 Å². The molecular formula is C14H20O3S. The lowest BCUT2D eigenvalue weighted by Gasteiger charge is -2.14. The zero-order valence-corrected chi connectivity index (χ0v) is 12.0. The van der Waals surface area contributed by atoms with Crippen LogP contribution in [0.1, 0.15) is 18.9 Å². The van der Waals surface area contributed by atoms with E-state index in [1.807, 2.05) is 32.0 Å². The van der Waals surface area contributed by atoms with E-state index in [2.05, 4.69) is 0 Å². The van der Waals surface area contributed by atoms with Gasteiger partial charge < -0.3 is 14.3 Å². The number of aldehydes is 1. The molecule has 0 aliphatic carbocycles. The zero-order valence-electron chi connectivity index (χ0n) is 11.1. The van der Waals surface area contributed by atoms with Crippen LogP contribution in [0.25, 0.3) is 0 Å². The number of para-hydroxylation sites is 1. The van der Waals surface area contributed by atoms with Gasteiger partial charge in [0.2, 0.25) is 0 Å². The standard InChI is InChI=1S/C14H20O3S/c1-4-12(8-15)9-18-13-7-5-6-11(2)14(13)17-10-16-3/h5-8,12H,4,9-10H2,1-3H3. The molecule has 0 aliphatic rings. The maximum atomic E-state index is 10.8. The van der Waals surface area contributed by atoms with E-state index in [0.717, 1.165) is 34.7 Å². The first-order valence-electron chi connectivity index (χ1n) is 6.02. The highest BCUT2D eigenvalue weighted by molar-refractivity contribution is 7.99. The van der Waals surface area contributed by atoms with Crippen molar-refractivity contribution in [1.29, 1.82) is 0 Å². The fraction of sp³-hybridized carbons (Fsp3) is 0.500. The summed E-state index contributed by atoms with van der Waals surface area (Å²) in [5, 5.41) is 0. The molecule has 0 saturated heterocycles. The molecule has 100 valence electrons. The first kappa shape index (κ1) is 15.1. The first-order valence-corrected chi connectivity index (χ1v) is 7.00. The average Bonchev–Trinajstić information content (AvgIpc) is 2.39. The Morgan fingerprint density at radius 1 is 1.44 bits per heavy atom. The van der Waals surface area contributed by atoms with Crippen molar-refractivity contribution in [1.82, 2.24) is 0 Å². The number of hydrogen-bond donors (Lipinski definition) is 0. The summed E-state index contributed by atoms with van der Waals surface area (Å²) in [5.41, 5.74) is 1.08. The van der Waals surface area contributed by atoms with E-state index in [1.54, 1.807) is 18.9 Å².